The van der Waals surface area contributed by atoms with Crippen molar-refractivity contribution in [2.24, 2.45) is 0 Å². The van der Waals surface area contributed by atoms with Crippen molar-refractivity contribution in [2.75, 3.05) is 4.90 Å². The van der Waals surface area contributed by atoms with Crippen LogP contribution in [0.5, 0.6) is 0 Å². The number of hydrogen-bond acceptors (Lipinski definition) is 2. The third-order valence-corrected chi connectivity index (χ3v) is 15.5. The van der Waals surface area contributed by atoms with Gasteiger partial charge in [-0.1, -0.05) is 237 Å². The van der Waals surface area contributed by atoms with E-state index in [1.807, 2.05) is 0 Å². The van der Waals surface area contributed by atoms with Crippen LogP contribution in [-0.4, -0.2) is 0 Å². The minimum absolute atomic E-state index is 0.371. The molecule has 0 fully saturated rings. The number of nitrogens with zero attached hydrogens (tertiary/aromatic N) is 1. The molecule has 0 N–H and O–H groups in total. The van der Waals surface area contributed by atoms with E-state index in [4.69, 9.17) is 4.42 Å². The van der Waals surface area contributed by atoms with E-state index < -0.39 is 5.41 Å². The second-order valence-corrected chi connectivity index (χ2v) is 19.4. The first kappa shape index (κ1) is 42.6. The lowest BCUT2D eigenvalue weighted by Gasteiger charge is -2.34. The summed E-state index contributed by atoms with van der Waals surface area (Å²) in [5, 5.41) is 4.39. The highest BCUT2D eigenvalue weighted by atomic mass is 16.3. The number of allylic oxidation sites excluding steroid dienone is 4. The number of anilines is 3. The van der Waals surface area contributed by atoms with Crippen LogP contribution in [0.4, 0.5) is 17.1 Å². The molecule has 1 atom stereocenters. The standard InChI is InChI=1S/C71H49NO/c1-6-20-48(21-7-1)50-36-38-52(39-37-50)58-32-18-34-64-68(58)62-45-42-53(46-65(62)71(64,54-24-10-3-11-25-54)55-26-12-4-13-27-55)59-33-19-35-67-69(59)63-47-66(60-30-16-17-31-61(60)70(63)73-67)72(56-28-14-5-15-29-56)57-43-40-51(41-44-57)49-22-8-2-9-23-49/h1-22,24-47,49H,23H2. The van der Waals surface area contributed by atoms with Gasteiger partial charge in [-0.2, -0.15) is 0 Å². The van der Waals surface area contributed by atoms with E-state index in [0.29, 0.717) is 5.92 Å². The Morgan fingerprint density at radius 3 is 1.73 bits per heavy atom. The molecule has 0 saturated carbocycles. The van der Waals surface area contributed by atoms with Crippen molar-refractivity contribution in [3.63, 3.8) is 0 Å². The lowest BCUT2D eigenvalue weighted by atomic mass is 9.67. The zero-order valence-electron chi connectivity index (χ0n) is 40.2. The second-order valence-electron chi connectivity index (χ2n) is 19.4. The van der Waals surface area contributed by atoms with E-state index in [2.05, 4.69) is 284 Å². The summed E-state index contributed by atoms with van der Waals surface area (Å²) in [7, 11) is 0. The van der Waals surface area contributed by atoms with Gasteiger partial charge in [0.2, 0.25) is 0 Å². The third kappa shape index (κ3) is 6.94. The second kappa shape index (κ2) is 17.6. The van der Waals surface area contributed by atoms with Crippen molar-refractivity contribution in [3.8, 4) is 44.5 Å². The summed E-state index contributed by atoms with van der Waals surface area (Å²) in [5.41, 5.74) is 20.4. The van der Waals surface area contributed by atoms with Crippen LogP contribution in [0.3, 0.4) is 0 Å². The van der Waals surface area contributed by atoms with Crippen molar-refractivity contribution < 1.29 is 4.42 Å². The number of rotatable bonds is 9. The van der Waals surface area contributed by atoms with Crippen molar-refractivity contribution in [1.82, 2.24) is 0 Å². The van der Waals surface area contributed by atoms with Crippen LogP contribution in [-0.2, 0) is 5.41 Å². The van der Waals surface area contributed by atoms with Crippen molar-refractivity contribution in [2.45, 2.75) is 17.8 Å². The normalized spacial score (nSPS) is 14.4. The Labute approximate surface area is 426 Å². The molecule has 12 aromatic rings. The molecular formula is C71H49NO. The summed E-state index contributed by atoms with van der Waals surface area (Å²) in [4.78, 5) is 2.41. The fourth-order valence-corrected chi connectivity index (χ4v) is 12.2. The van der Waals surface area contributed by atoms with Crippen LogP contribution < -0.4 is 4.90 Å². The Bertz CT molecular complexity index is 4040. The Kier molecular flexibility index (Phi) is 10.3. The highest BCUT2D eigenvalue weighted by molar-refractivity contribution is 6.22. The Hall–Kier alpha value is -9.24. The van der Waals surface area contributed by atoms with E-state index in [9.17, 15) is 0 Å². The lowest BCUT2D eigenvalue weighted by molar-refractivity contribution is 0.673. The van der Waals surface area contributed by atoms with Crippen molar-refractivity contribution in [3.05, 3.63) is 307 Å². The Balaban J connectivity index is 0.990. The van der Waals surface area contributed by atoms with Gasteiger partial charge in [-0.05, 0) is 121 Å². The molecule has 0 bridgehead atoms. The van der Waals surface area contributed by atoms with Gasteiger partial charge in [-0.25, -0.2) is 0 Å². The number of para-hydroxylation sites is 1. The highest BCUT2D eigenvalue weighted by Gasteiger charge is 2.47. The van der Waals surface area contributed by atoms with Gasteiger partial charge in [0.25, 0.3) is 0 Å². The molecule has 2 aliphatic rings. The van der Waals surface area contributed by atoms with E-state index in [1.165, 1.54) is 61.2 Å². The maximum Gasteiger partial charge on any atom is 0.143 e. The van der Waals surface area contributed by atoms with E-state index in [1.54, 1.807) is 0 Å². The average molecular weight is 932 g/mol. The minimum Gasteiger partial charge on any atom is -0.455 e. The van der Waals surface area contributed by atoms with Gasteiger partial charge in [-0.15, -0.1) is 0 Å². The smallest absolute Gasteiger partial charge is 0.143 e. The summed E-state index contributed by atoms with van der Waals surface area (Å²) in [6.45, 7) is 0. The molecule has 1 unspecified atom stereocenters. The highest BCUT2D eigenvalue weighted by Crippen LogP contribution is 2.59. The summed E-state index contributed by atoms with van der Waals surface area (Å²) >= 11 is 0. The quantitative estimate of drug-likeness (QED) is 0.143. The maximum atomic E-state index is 7.05. The van der Waals surface area contributed by atoms with Gasteiger partial charge >= 0.3 is 0 Å². The summed E-state index contributed by atoms with van der Waals surface area (Å²) in [5.74, 6) is 0.371. The zero-order chi connectivity index (χ0) is 48.3. The number of benzene rings is 11. The van der Waals surface area contributed by atoms with Gasteiger partial charge in [0, 0.05) is 38.8 Å². The van der Waals surface area contributed by atoms with Crippen LogP contribution in [0.25, 0.3) is 77.2 Å². The molecule has 14 rings (SSSR count). The molecular weight excluding hydrogens is 883 g/mol. The zero-order valence-corrected chi connectivity index (χ0v) is 40.2. The summed E-state index contributed by atoms with van der Waals surface area (Å²) in [6, 6.07) is 93.7. The maximum absolute atomic E-state index is 7.05. The van der Waals surface area contributed by atoms with Crippen LogP contribution in [0.15, 0.2) is 284 Å². The van der Waals surface area contributed by atoms with Crippen LogP contribution in [0.2, 0.25) is 0 Å². The minimum atomic E-state index is -0.603. The molecule has 0 radical (unpaired) electrons. The summed E-state index contributed by atoms with van der Waals surface area (Å²) in [6.07, 6.45) is 9.88. The fraction of sp³-hybridized carbons (Fsp3) is 0.0423. The van der Waals surface area contributed by atoms with Crippen LogP contribution in [0, 0.1) is 0 Å². The molecule has 0 aliphatic heterocycles. The molecule has 73 heavy (non-hydrogen) atoms. The van der Waals surface area contributed by atoms with Crippen LogP contribution in [0.1, 0.15) is 40.2 Å². The first-order valence-corrected chi connectivity index (χ1v) is 25.4. The lowest BCUT2D eigenvalue weighted by Crippen LogP contribution is -2.28. The first-order valence-electron chi connectivity index (χ1n) is 25.4. The molecule has 1 heterocycles. The monoisotopic (exact) mass is 931 g/mol. The molecule has 1 aromatic heterocycles. The first-order chi connectivity index (χ1) is 36.2. The SMILES string of the molecule is C1=CCC(c2ccc(N(c3ccccc3)c3cc4c(oc5cccc(-c6ccc7c(c6)C(c6ccccc6)(c6ccccc6)c6cccc(-c8ccc(-c9ccccc9)cc8)c6-7)c54)c4ccccc34)cc2)C=C1. The number of fused-ring (bicyclic) bond motifs is 8. The topological polar surface area (TPSA) is 16.4 Å². The van der Waals surface area contributed by atoms with Gasteiger partial charge in [-0.3, -0.25) is 0 Å². The largest absolute Gasteiger partial charge is 0.455 e. The molecule has 2 heteroatoms. The molecule has 2 aliphatic carbocycles. The van der Waals surface area contributed by atoms with Crippen molar-refractivity contribution >= 4 is 49.8 Å². The van der Waals surface area contributed by atoms with Gasteiger partial charge in [0.1, 0.15) is 11.2 Å². The Morgan fingerprint density at radius 2 is 1.01 bits per heavy atom. The van der Waals surface area contributed by atoms with Crippen LogP contribution >= 0.6 is 0 Å². The predicted octanol–water partition coefficient (Wildman–Crippen LogP) is 19.2. The number of hydrogen-bond donors (Lipinski definition) is 0. The molecule has 11 aromatic carbocycles. The average Bonchev–Trinajstić information content (AvgIpc) is 4.01. The predicted molar refractivity (Wildman–Crippen MR) is 305 cm³/mol. The van der Waals surface area contributed by atoms with E-state index in [-0.39, 0.29) is 0 Å². The molecule has 0 amide bonds. The van der Waals surface area contributed by atoms with Crippen molar-refractivity contribution in [1.29, 1.82) is 0 Å². The van der Waals surface area contributed by atoms with Gasteiger partial charge in [0.05, 0.1) is 11.1 Å². The van der Waals surface area contributed by atoms with Gasteiger partial charge < -0.3 is 9.32 Å². The molecule has 0 saturated heterocycles. The molecule has 0 spiro atoms. The molecule has 344 valence electrons. The third-order valence-electron chi connectivity index (χ3n) is 15.5. The Morgan fingerprint density at radius 1 is 0.411 bits per heavy atom. The fourth-order valence-electron chi connectivity index (χ4n) is 12.2. The van der Waals surface area contributed by atoms with E-state index >= 15 is 0 Å². The summed E-state index contributed by atoms with van der Waals surface area (Å²) < 4.78 is 7.05. The van der Waals surface area contributed by atoms with Gasteiger partial charge in [0.15, 0.2) is 0 Å². The number of furan rings is 1. The van der Waals surface area contributed by atoms with E-state index in [0.717, 1.165) is 67.3 Å². The molecule has 2 nitrogen and oxygen atoms in total.